The summed E-state index contributed by atoms with van der Waals surface area (Å²) in [7, 11) is 1.65. The number of amides is 1. The van der Waals surface area contributed by atoms with Crippen molar-refractivity contribution in [2.45, 2.75) is 13.5 Å². The average Bonchev–Trinajstić information content (AvgIpc) is 3.61. The van der Waals surface area contributed by atoms with Crippen molar-refractivity contribution in [3.05, 3.63) is 84.6 Å². The zero-order chi connectivity index (χ0) is 26.3. The minimum atomic E-state index is -0.147. The molecule has 2 N–H and O–H groups in total. The van der Waals surface area contributed by atoms with Crippen molar-refractivity contribution < 1.29 is 14.3 Å². The first kappa shape index (κ1) is 24.9. The number of hydrogen-bond donors (Lipinski definition) is 2. The zero-order valence-corrected chi connectivity index (χ0v) is 21.2. The van der Waals surface area contributed by atoms with Gasteiger partial charge < -0.3 is 20.1 Å². The van der Waals surface area contributed by atoms with Crippen LogP contribution in [0.4, 0.5) is 11.5 Å². The lowest BCUT2D eigenvalue weighted by atomic mass is 10.1. The van der Waals surface area contributed by atoms with Gasteiger partial charge in [0.05, 0.1) is 45.0 Å². The fourth-order valence-corrected chi connectivity index (χ4v) is 4.06. The van der Waals surface area contributed by atoms with Gasteiger partial charge in [-0.25, -0.2) is 9.97 Å². The minimum absolute atomic E-state index is 0.147. The standard InChI is InChI=1S/C27H28N8O3/c1-19-17-21(5-8-23(19)27(36)29-11-15-38-16-14-34-12-10-31-33-34)32-25-26-30-18-24(35(26)13-9-28-25)20-3-6-22(37-2)7-4-20/h3-10,12-13,17-18H,11,14-16H2,1-2H3,(H,28,32)(H,29,36). The summed E-state index contributed by atoms with van der Waals surface area (Å²) in [5.74, 6) is 1.27. The van der Waals surface area contributed by atoms with Crippen molar-refractivity contribution >= 4 is 23.1 Å². The molecule has 11 nitrogen and oxygen atoms in total. The Balaban J connectivity index is 1.20. The molecule has 0 aliphatic heterocycles. The average molecular weight is 513 g/mol. The summed E-state index contributed by atoms with van der Waals surface area (Å²) < 4.78 is 14.5. The van der Waals surface area contributed by atoms with Gasteiger partial charge in [0.2, 0.25) is 0 Å². The van der Waals surface area contributed by atoms with Crippen LogP contribution in [0, 0.1) is 6.92 Å². The molecule has 0 bridgehead atoms. The molecule has 0 unspecified atom stereocenters. The fourth-order valence-electron chi connectivity index (χ4n) is 4.06. The van der Waals surface area contributed by atoms with Crippen LogP contribution >= 0.6 is 0 Å². The van der Waals surface area contributed by atoms with Gasteiger partial charge in [0.15, 0.2) is 11.5 Å². The lowest BCUT2D eigenvalue weighted by molar-refractivity contribution is 0.0905. The maximum absolute atomic E-state index is 12.7. The number of methoxy groups -OCH3 is 1. The molecule has 0 aliphatic rings. The molecular weight excluding hydrogens is 484 g/mol. The maximum Gasteiger partial charge on any atom is 0.251 e. The second-order valence-electron chi connectivity index (χ2n) is 8.53. The number of imidazole rings is 1. The number of hydrogen-bond acceptors (Lipinski definition) is 8. The first-order valence-electron chi connectivity index (χ1n) is 12.2. The van der Waals surface area contributed by atoms with Crippen molar-refractivity contribution in [2.24, 2.45) is 0 Å². The van der Waals surface area contributed by atoms with Crippen molar-refractivity contribution in [1.82, 2.24) is 34.7 Å². The molecule has 2 aromatic carbocycles. The summed E-state index contributed by atoms with van der Waals surface area (Å²) in [6.45, 7) is 3.85. The summed E-state index contributed by atoms with van der Waals surface area (Å²) in [6.07, 6.45) is 8.83. The molecule has 3 heterocycles. The molecule has 0 spiro atoms. The van der Waals surface area contributed by atoms with E-state index < -0.39 is 0 Å². The van der Waals surface area contributed by atoms with E-state index in [4.69, 9.17) is 9.47 Å². The van der Waals surface area contributed by atoms with Crippen LogP contribution in [0.3, 0.4) is 0 Å². The van der Waals surface area contributed by atoms with Crippen molar-refractivity contribution in [2.75, 3.05) is 32.2 Å². The number of carbonyl (C=O) groups excluding carboxylic acids is 1. The third-order valence-corrected chi connectivity index (χ3v) is 6.02. The van der Waals surface area contributed by atoms with Gasteiger partial charge in [-0.3, -0.25) is 13.9 Å². The Hall–Kier alpha value is -4.77. The van der Waals surface area contributed by atoms with E-state index in [2.05, 4.69) is 30.9 Å². The molecule has 11 heteroatoms. The maximum atomic E-state index is 12.7. The largest absolute Gasteiger partial charge is 0.497 e. The molecule has 194 valence electrons. The molecule has 0 radical (unpaired) electrons. The van der Waals surface area contributed by atoms with E-state index in [1.54, 1.807) is 36.4 Å². The number of nitrogens with zero attached hydrogens (tertiary/aromatic N) is 6. The molecule has 0 saturated carbocycles. The Morgan fingerprint density at radius 3 is 2.66 bits per heavy atom. The molecule has 0 aliphatic carbocycles. The summed E-state index contributed by atoms with van der Waals surface area (Å²) in [4.78, 5) is 21.7. The minimum Gasteiger partial charge on any atom is -0.497 e. The zero-order valence-electron chi connectivity index (χ0n) is 21.2. The molecule has 1 amide bonds. The van der Waals surface area contributed by atoms with E-state index >= 15 is 0 Å². The van der Waals surface area contributed by atoms with Gasteiger partial charge in [-0.2, -0.15) is 0 Å². The lowest BCUT2D eigenvalue weighted by Gasteiger charge is -2.12. The molecule has 0 saturated heterocycles. The number of benzene rings is 2. The van der Waals surface area contributed by atoms with Crippen LogP contribution in [-0.2, 0) is 11.3 Å². The van der Waals surface area contributed by atoms with Gasteiger partial charge >= 0.3 is 0 Å². The lowest BCUT2D eigenvalue weighted by Crippen LogP contribution is -2.28. The van der Waals surface area contributed by atoms with Gasteiger partial charge in [-0.1, -0.05) is 5.21 Å². The van der Waals surface area contributed by atoms with Gasteiger partial charge in [-0.15, -0.1) is 5.10 Å². The monoisotopic (exact) mass is 512 g/mol. The summed E-state index contributed by atoms with van der Waals surface area (Å²) in [6, 6.07) is 13.4. The molecule has 5 aromatic rings. The topological polar surface area (TPSA) is 120 Å². The van der Waals surface area contributed by atoms with E-state index in [9.17, 15) is 4.79 Å². The van der Waals surface area contributed by atoms with Crippen LogP contribution in [0.2, 0.25) is 0 Å². The fraction of sp³-hybridized carbons (Fsp3) is 0.222. The van der Waals surface area contributed by atoms with Crippen LogP contribution in [0.1, 0.15) is 15.9 Å². The highest BCUT2D eigenvalue weighted by Crippen LogP contribution is 2.27. The first-order valence-corrected chi connectivity index (χ1v) is 12.2. The highest BCUT2D eigenvalue weighted by Gasteiger charge is 2.13. The number of nitrogens with one attached hydrogen (secondary N) is 2. The number of ether oxygens (including phenoxy) is 2. The van der Waals surface area contributed by atoms with Crippen LogP contribution in [0.5, 0.6) is 5.75 Å². The first-order chi connectivity index (χ1) is 18.6. The molecular formula is C27H28N8O3. The Labute approximate surface area is 219 Å². The Bertz CT molecular complexity index is 1510. The van der Waals surface area contributed by atoms with Crippen molar-refractivity contribution in [3.8, 4) is 17.0 Å². The highest BCUT2D eigenvalue weighted by molar-refractivity contribution is 5.96. The van der Waals surface area contributed by atoms with E-state index in [0.29, 0.717) is 43.3 Å². The number of fused-ring (bicyclic) bond motifs is 1. The van der Waals surface area contributed by atoms with Gasteiger partial charge in [-0.05, 0) is 55.0 Å². The third kappa shape index (κ3) is 5.62. The quantitative estimate of drug-likeness (QED) is 0.258. The van der Waals surface area contributed by atoms with Crippen LogP contribution in [-0.4, -0.2) is 62.1 Å². The molecule has 0 fully saturated rings. The number of rotatable bonds is 11. The van der Waals surface area contributed by atoms with E-state index in [0.717, 1.165) is 28.3 Å². The second kappa shape index (κ2) is 11.5. The summed E-state index contributed by atoms with van der Waals surface area (Å²) >= 11 is 0. The van der Waals surface area contributed by atoms with Crippen LogP contribution < -0.4 is 15.4 Å². The smallest absolute Gasteiger partial charge is 0.251 e. The van der Waals surface area contributed by atoms with E-state index in [-0.39, 0.29) is 5.91 Å². The van der Waals surface area contributed by atoms with Gasteiger partial charge in [0, 0.05) is 41.9 Å². The predicted molar refractivity (Wildman–Crippen MR) is 143 cm³/mol. The molecule has 0 atom stereocenters. The van der Waals surface area contributed by atoms with Crippen molar-refractivity contribution in [1.29, 1.82) is 0 Å². The Kier molecular flexibility index (Phi) is 7.55. The van der Waals surface area contributed by atoms with Crippen molar-refractivity contribution in [3.63, 3.8) is 0 Å². The summed E-state index contributed by atoms with van der Waals surface area (Å²) in [5, 5.41) is 13.9. The summed E-state index contributed by atoms with van der Waals surface area (Å²) in [5.41, 5.74) is 4.91. The molecule has 3 aromatic heterocycles. The Morgan fingerprint density at radius 1 is 1.03 bits per heavy atom. The number of carbonyl (C=O) groups is 1. The third-order valence-electron chi connectivity index (χ3n) is 6.02. The van der Waals surface area contributed by atoms with Gasteiger partial charge in [0.25, 0.3) is 5.91 Å². The Morgan fingerprint density at radius 2 is 1.89 bits per heavy atom. The molecule has 38 heavy (non-hydrogen) atoms. The van der Waals surface area contributed by atoms with E-state index in [1.165, 1.54) is 0 Å². The SMILES string of the molecule is COc1ccc(-c2cnc3c(Nc4ccc(C(=O)NCCOCCn5ccnn5)c(C)c4)nccn23)cc1. The number of aryl methyl sites for hydroxylation is 1. The molecule has 5 rings (SSSR count). The van der Waals surface area contributed by atoms with Crippen LogP contribution in [0.25, 0.3) is 16.9 Å². The number of aromatic nitrogens is 6. The van der Waals surface area contributed by atoms with Gasteiger partial charge in [0.1, 0.15) is 5.75 Å². The second-order valence-corrected chi connectivity index (χ2v) is 8.53. The van der Waals surface area contributed by atoms with Crippen LogP contribution in [0.15, 0.2) is 73.4 Å². The predicted octanol–water partition coefficient (Wildman–Crippen LogP) is 3.50. The highest BCUT2D eigenvalue weighted by atomic mass is 16.5. The normalized spacial score (nSPS) is 11.0. The number of anilines is 2. The van der Waals surface area contributed by atoms with E-state index in [1.807, 2.05) is 60.1 Å².